The van der Waals surface area contributed by atoms with Crippen molar-refractivity contribution in [3.8, 4) is 17.2 Å². The van der Waals surface area contributed by atoms with Crippen LogP contribution in [0.4, 0.5) is 0 Å². The molecule has 1 amide bonds. The van der Waals surface area contributed by atoms with Gasteiger partial charge >= 0.3 is 0 Å². The van der Waals surface area contributed by atoms with Gasteiger partial charge in [0.05, 0.1) is 37.1 Å². The Morgan fingerprint density at radius 2 is 1.69 bits per heavy atom. The number of aromatic nitrogens is 2. The molecule has 0 aliphatic rings. The minimum atomic E-state index is -0.259. The number of carbonyl (C=O) groups excluding carboxylic acids is 1. The standard InChI is InChI=1S/C21H24ClN3O4/c1-4-27-17-9-14(10-18(28-5-2)20(17)29-6-3)21(26)23-11-16-13-25-12-15(22)7-8-19(25)24-16/h7-10,12-13H,4-6,11H2,1-3H3,(H,23,26). The Hall–Kier alpha value is -2.93. The Kier molecular flexibility index (Phi) is 6.82. The van der Waals surface area contributed by atoms with E-state index in [0.717, 1.165) is 11.3 Å². The zero-order valence-corrected chi connectivity index (χ0v) is 17.5. The lowest BCUT2D eigenvalue weighted by Crippen LogP contribution is -2.23. The van der Waals surface area contributed by atoms with Gasteiger partial charge in [-0.1, -0.05) is 11.6 Å². The number of ether oxygens (including phenoxy) is 3. The van der Waals surface area contributed by atoms with Crippen LogP contribution in [0, 0.1) is 0 Å². The van der Waals surface area contributed by atoms with Gasteiger partial charge in [-0.05, 0) is 45.0 Å². The van der Waals surface area contributed by atoms with Crippen LogP contribution in [-0.4, -0.2) is 35.1 Å². The maximum absolute atomic E-state index is 12.8. The molecule has 0 aliphatic carbocycles. The number of nitrogens with zero attached hydrogens (tertiary/aromatic N) is 2. The average molecular weight is 418 g/mol. The number of carbonyl (C=O) groups is 1. The molecular formula is C21H24ClN3O4. The molecule has 0 bridgehead atoms. The average Bonchev–Trinajstić information content (AvgIpc) is 3.10. The Morgan fingerprint density at radius 1 is 1.03 bits per heavy atom. The summed E-state index contributed by atoms with van der Waals surface area (Å²) >= 11 is 6.00. The maximum Gasteiger partial charge on any atom is 0.251 e. The van der Waals surface area contributed by atoms with Gasteiger partial charge in [-0.2, -0.15) is 0 Å². The van der Waals surface area contributed by atoms with Gasteiger partial charge in [-0.3, -0.25) is 4.79 Å². The molecule has 1 N–H and O–H groups in total. The van der Waals surface area contributed by atoms with E-state index in [2.05, 4.69) is 10.3 Å². The fourth-order valence-electron chi connectivity index (χ4n) is 2.90. The number of fused-ring (bicyclic) bond motifs is 1. The first-order chi connectivity index (χ1) is 14.0. The van der Waals surface area contributed by atoms with E-state index >= 15 is 0 Å². The van der Waals surface area contributed by atoms with Crippen LogP contribution in [0.3, 0.4) is 0 Å². The summed E-state index contributed by atoms with van der Waals surface area (Å²) in [5, 5.41) is 3.50. The fraction of sp³-hybridized carbons (Fsp3) is 0.333. The van der Waals surface area contributed by atoms with Crippen molar-refractivity contribution >= 4 is 23.2 Å². The maximum atomic E-state index is 12.8. The van der Waals surface area contributed by atoms with E-state index in [1.165, 1.54) is 0 Å². The number of halogens is 1. The minimum Gasteiger partial charge on any atom is -0.490 e. The van der Waals surface area contributed by atoms with Crippen LogP contribution in [0.25, 0.3) is 5.65 Å². The van der Waals surface area contributed by atoms with Crippen molar-refractivity contribution in [3.05, 3.63) is 52.9 Å². The SMILES string of the molecule is CCOc1cc(C(=O)NCc2cn3cc(Cl)ccc3n2)cc(OCC)c1OCC. The third kappa shape index (κ3) is 4.92. The molecule has 0 radical (unpaired) electrons. The molecule has 0 saturated carbocycles. The smallest absolute Gasteiger partial charge is 0.251 e. The largest absolute Gasteiger partial charge is 0.490 e. The van der Waals surface area contributed by atoms with Crippen LogP contribution in [-0.2, 0) is 6.54 Å². The summed E-state index contributed by atoms with van der Waals surface area (Å²) in [5.74, 6) is 1.20. The van der Waals surface area contributed by atoms with Gasteiger partial charge < -0.3 is 23.9 Å². The number of benzene rings is 1. The van der Waals surface area contributed by atoms with Gasteiger partial charge in [0.15, 0.2) is 11.5 Å². The highest BCUT2D eigenvalue weighted by atomic mass is 35.5. The van der Waals surface area contributed by atoms with Crippen molar-refractivity contribution < 1.29 is 19.0 Å². The first-order valence-corrected chi connectivity index (χ1v) is 9.91. The van der Waals surface area contributed by atoms with Crippen molar-refractivity contribution in [2.75, 3.05) is 19.8 Å². The number of pyridine rings is 1. The predicted molar refractivity (Wildman–Crippen MR) is 111 cm³/mol. The molecule has 3 aromatic rings. The van der Waals surface area contributed by atoms with E-state index in [0.29, 0.717) is 47.7 Å². The first kappa shape index (κ1) is 20.8. The minimum absolute atomic E-state index is 0.259. The molecule has 0 fully saturated rings. The highest BCUT2D eigenvalue weighted by Crippen LogP contribution is 2.39. The lowest BCUT2D eigenvalue weighted by atomic mass is 10.1. The van der Waals surface area contributed by atoms with Crippen molar-refractivity contribution in [3.63, 3.8) is 0 Å². The van der Waals surface area contributed by atoms with Crippen LogP contribution < -0.4 is 19.5 Å². The molecule has 0 unspecified atom stereocenters. The number of nitrogens with one attached hydrogen (secondary N) is 1. The van der Waals surface area contributed by atoms with Crippen LogP contribution in [0.15, 0.2) is 36.7 Å². The van der Waals surface area contributed by atoms with Crippen molar-refractivity contribution in [1.82, 2.24) is 14.7 Å². The molecular weight excluding hydrogens is 394 g/mol. The van der Waals surface area contributed by atoms with Gasteiger partial charge in [0.2, 0.25) is 5.75 Å². The van der Waals surface area contributed by atoms with E-state index in [9.17, 15) is 4.79 Å². The zero-order chi connectivity index (χ0) is 20.8. The Labute approximate surface area is 174 Å². The van der Waals surface area contributed by atoms with Crippen LogP contribution >= 0.6 is 11.6 Å². The van der Waals surface area contributed by atoms with E-state index in [4.69, 9.17) is 25.8 Å². The lowest BCUT2D eigenvalue weighted by molar-refractivity contribution is 0.0949. The fourth-order valence-corrected chi connectivity index (χ4v) is 3.06. The molecule has 7 nitrogen and oxygen atoms in total. The second kappa shape index (κ2) is 9.52. The number of hydrogen-bond acceptors (Lipinski definition) is 5. The van der Waals surface area contributed by atoms with Gasteiger partial charge in [0.1, 0.15) is 5.65 Å². The molecule has 0 saturated heterocycles. The highest BCUT2D eigenvalue weighted by molar-refractivity contribution is 6.30. The molecule has 8 heteroatoms. The highest BCUT2D eigenvalue weighted by Gasteiger charge is 2.18. The van der Waals surface area contributed by atoms with Crippen molar-refractivity contribution in [2.24, 2.45) is 0 Å². The van der Waals surface area contributed by atoms with E-state index in [-0.39, 0.29) is 12.5 Å². The molecule has 154 valence electrons. The monoisotopic (exact) mass is 417 g/mol. The second-order valence-corrected chi connectivity index (χ2v) is 6.56. The number of hydrogen-bond donors (Lipinski definition) is 1. The van der Waals surface area contributed by atoms with Gasteiger partial charge in [0.25, 0.3) is 5.91 Å². The molecule has 2 heterocycles. The summed E-state index contributed by atoms with van der Waals surface area (Å²) in [7, 11) is 0. The molecule has 29 heavy (non-hydrogen) atoms. The van der Waals surface area contributed by atoms with Gasteiger partial charge in [-0.25, -0.2) is 4.98 Å². The molecule has 3 rings (SSSR count). The molecule has 2 aromatic heterocycles. The quantitative estimate of drug-likeness (QED) is 0.567. The molecule has 0 spiro atoms. The first-order valence-electron chi connectivity index (χ1n) is 9.53. The molecule has 0 aliphatic heterocycles. The molecule has 0 atom stereocenters. The van der Waals surface area contributed by atoms with Gasteiger partial charge in [-0.15, -0.1) is 0 Å². The third-order valence-corrected chi connectivity index (χ3v) is 4.29. The lowest BCUT2D eigenvalue weighted by Gasteiger charge is -2.17. The second-order valence-electron chi connectivity index (χ2n) is 6.13. The summed E-state index contributed by atoms with van der Waals surface area (Å²) in [6, 6.07) is 6.92. The van der Waals surface area contributed by atoms with Gasteiger partial charge in [0, 0.05) is 18.0 Å². The number of imidazole rings is 1. The number of amides is 1. The summed E-state index contributed by atoms with van der Waals surface area (Å²) < 4.78 is 18.8. The van der Waals surface area contributed by atoms with E-state index < -0.39 is 0 Å². The van der Waals surface area contributed by atoms with Crippen molar-refractivity contribution in [2.45, 2.75) is 27.3 Å². The summed E-state index contributed by atoms with van der Waals surface area (Å²) in [4.78, 5) is 17.2. The van der Waals surface area contributed by atoms with Crippen LogP contribution in [0.5, 0.6) is 17.2 Å². The van der Waals surface area contributed by atoms with Crippen molar-refractivity contribution in [1.29, 1.82) is 0 Å². The Balaban J connectivity index is 1.81. The topological polar surface area (TPSA) is 74.1 Å². The van der Waals surface area contributed by atoms with E-state index in [1.54, 1.807) is 24.4 Å². The summed E-state index contributed by atoms with van der Waals surface area (Å²) in [6.45, 7) is 7.26. The Morgan fingerprint density at radius 3 is 2.31 bits per heavy atom. The summed E-state index contributed by atoms with van der Waals surface area (Å²) in [6.07, 6.45) is 3.60. The third-order valence-electron chi connectivity index (χ3n) is 4.07. The summed E-state index contributed by atoms with van der Waals surface area (Å²) in [5.41, 5.74) is 1.91. The zero-order valence-electron chi connectivity index (χ0n) is 16.7. The Bertz CT molecular complexity index is 976. The van der Waals surface area contributed by atoms with Crippen LogP contribution in [0.1, 0.15) is 36.8 Å². The normalized spacial score (nSPS) is 10.8. The van der Waals surface area contributed by atoms with Crippen LogP contribution in [0.2, 0.25) is 5.02 Å². The predicted octanol–water partition coefficient (Wildman–Crippen LogP) is 4.11. The molecule has 1 aromatic carbocycles. The van der Waals surface area contributed by atoms with E-state index in [1.807, 2.05) is 37.4 Å². The number of rotatable bonds is 9.